The summed E-state index contributed by atoms with van der Waals surface area (Å²) in [5.41, 5.74) is 1.18. The molecule has 0 aliphatic carbocycles. The predicted octanol–water partition coefficient (Wildman–Crippen LogP) is 1.51. The summed E-state index contributed by atoms with van der Waals surface area (Å²) in [7, 11) is 0. The Labute approximate surface area is 189 Å². The van der Waals surface area contributed by atoms with Crippen LogP contribution in [0.4, 0.5) is 0 Å². The van der Waals surface area contributed by atoms with E-state index in [2.05, 4.69) is 10.1 Å². The Hall–Kier alpha value is -2.42. The number of hydrogen-bond donors (Lipinski definition) is 0. The first-order valence-corrected chi connectivity index (χ1v) is 11.9. The van der Waals surface area contributed by atoms with Crippen LogP contribution in [0.2, 0.25) is 0 Å². The number of carbonyl (C=O) groups excluding carboxylic acids is 3. The number of aromatic nitrogens is 1. The van der Waals surface area contributed by atoms with Crippen molar-refractivity contribution in [3.05, 3.63) is 17.0 Å². The number of likely N-dealkylation sites (tertiary alicyclic amines) is 1. The normalized spacial score (nSPS) is 23.0. The van der Waals surface area contributed by atoms with Crippen LogP contribution in [0.3, 0.4) is 0 Å². The van der Waals surface area contributed by atoms with Gasteiger partial charge in [-0.1, -0.05) is 25.4 Å². The van der Waals surface area contributed by atoms with Crippen LogP contribution >= 0.6 is 0 Å². The molecule has 1 unspecified atom stereocenters. The number of fused-ring (bicyclic) bond motifs is 1. The molecule has 3 saturated heterocycles. The van der Waals surface area contributed by atoms with Gasteiger partial charge in [0.15, 0.2) is 5.69 Å². The van der Waals surface area contributed by atoms with Gasteiger partial charge in [0, 0.05) is 31.7 Å². The predicted molar refractivity (Wildman–Crippen MR) is 118 cm³/mol. The molecule has 3 amide bonds. The molecule has 176 valence electrons. The molecule has 1 atom stereocenters. The molecular formula is C23H35N5O4. The molecule has 0 saturated carbocycles. The topological polar surface area (TPSA) is 90.2 Å². The van der Waals surface area contributed by atoms with Gasteiger partial charge in [-0.25, -0.2) is 0 Å². The Morgan fingerprint density at radius 1 is 1.09 bits per heavy atom. The van der Waals surface area contributed by atoms with E-state index in [1.165, 1.54) is 19.3 Å². The number of nitrogens with zero attached hydrogens (tertiary/aromatic N) is 5. The molecule has 1 aromatic rings. The van der Waals surface area contributed by atoms with Gasteiger partial charge in [0.1, 0.15) is 11.8 Å². The van der Waals surface area contributed by atoms with Crippen molar-refractivity contribution >= 4 is 17.7 Å². The third-order valence-electron chi connectivity index (χ3n) is 6.73. The fourth-order valence-corrected chi connectivity index (χ4v) is 5.06. The minimum atomic E-state index is -0.625. The number of carbonyl (C=O) groups is 3. The lowest BCUT2D eigenvalue weighted by Crippen LogP contribution is -2.62. The van der Waals surface area contributed by atoms with E-state index in [-0.39, 0.29) is 36.7 Å². The van der Waals surface area contributed by atoms with Crippen LogP contribution in [0.25, 0.3) is 0 Å². The second-order valence-electron chi connectivity index (χ2n) is 9.72. The van der Waals surface area contributed by atoms with Gasteiger partial charge in [0.05, 0.1) is 13.1 Å². The summed E-state index contributed by atoms with van der Waals surface area (Å²) in [5, 5.41) is 4.11. The number of piperidine rings is 1. The molecule has 3 aliphatic heterocycles. The lowest BCUT2D eigenvalue weighted by atomic mass is 10.1. The first-order valence-electron chi connectivity index (χ1n) is 11.9. The number of hydrogen-bond acceptors (Lipinski definition) is 6. The molecule has 0 bridgehead atoms. The number of piperazine rings is 1. The van der Waals surface area contributed by atoms with E-state index < -0.39 is 6.04 Å². The van der Waals surface area contributed by atoms with Crippen LogP contribution in [-0.4, -0.2) is 94.3 Å². The van der Waals surface area contributed by atoms with Gasteiger partial charge in [0.25, 0.3) is 5.91 Å². The van der Waals surface area contributed by atoms with Crippen molar-refractivity contribution in [2.45, 2.75) is 59.0 Å². The largest absolute Gasteiger partial charge is 0.361 e. The monoisotopic (exact) mass is 445 g/mol. The van der Waals surface area contributed by atoms with Gasteiger partial charge in [-0.2, -0.15) is 0 Å². The van der Waals surface area contributed by atoms with Crippen molar-refractivity contribution in [2.75, 3.05) is 45.8 Å². The fraction of sp³-hybridized carbons (Fsp3) is 0.739. The molecule has 32 heavy (non-hydrogen) atoms. The lowest BCUT2D eigenvalue weighted by molar-refractivity contribution is -0.156. The molecule has 0 spiro atoms. The average Bonchev–Trinajstić information content (AvgIpc) is 2.98. The van der Waals surface area contributed by atoms with Crippen LogP contribution < -0.4 is 0 Å². The third kappa shape index (κ3) is 4.67. The maximum atomic E-state index is 13.5. The van der Waals surface area contributed by atoms with Gasteiger partial charge < -0.3 is 19.2 Å². The van der Waals surface area contributed by atoms with E-state index in [0.717, 1.165) is 18.7 Å². The first-order chi connectivity index (χ1) is 15.3. The second kappa shape index (κ2) is 9.60. The lowest BCUT2D eigenvalue weighted by Gasteiger charge is -2.40. The average molecular weight is 446 g/mol. The summed E-state index contributed by atoms with van der Waals surface area (Å²) in [5.74, 6) is 0.632. The zero-order valence-corrected chi connectivity index (χ0v) is 19.5. The van der Waals surface area contributed by atoms with Gasteiger partial charge in [-0.3, -0.25) is 19.3 Å². The van der Waals surface area contributed by atoms with E-state index >= 15 is 0 Å². The highest BCUT2D eigenvalue weighted by atomic mass is 16.5. The van der Waals surface area contributed by atoms with Gasteiger partial charge in [-0.15, -0.1) is 0 Å². The molecule has 0 aromatic carbocycles. The van der Waals surface area contributed by atoms with E-state index in [4.69, 9.17) is 4.52 Å². The fourth-order valence-electron chi connectivity index (χ4n) is 5.06. The zero-order chi connectivity index (χ0) is 22.8. The van der Waals surface area contributed by atoms with E-state index in [9.17, 15) is 14.4 Å². The minimum absolute atomic E-state index is 0.0346. The highest BCUT2D eigenvalue weighted by Crippen LogP contribution is 2.23. The maximum absolute atomic E-state index is 13.5. The molecule has 3 aliphatic rings. The molecule has 0 N–H and O–H groups in total. The summed E-state index contributed by atoms with van der Waals surface area (Å²) in [6.07, 6.45) is 4.22. The minimum Gasteiger partial charge on any atom is -0.361 e. The molecule has 1 aromatic heterocycles. The van der Waals surface area contributed by atoms with Crippen LogP contribution in [0.1, 0.15) is 61.3 Å². The van der Waals surface area contributed by atoms with Gasteiger partial charge in [0.2, 0.25) is 11.8 Å². The summed E-state index contributed by atoms with van der Waals surface area (Å²) in [6, 6.07) is -0.625. The van der Waals surface area contributed by atoms with Crippen LogP contribution in [0, 0.1) is 12.8 Å². The zero-order valence-electron chi connectivity index (χ0n) is 19.5. The highest BCUT2D eigenvalue weighted by molar-refractivity contribution is 5.97. The number of rotatable bonds is 5. The van der Waals surface area contributed by atoms with Crippen LogP contribution in [0.5, 0.6) is 0 Å². The van der Waals surface area contributed by atoms with Crippen molar-refractivity contribution < 1.29 is 18.9 Å². The van der Waals surface area contributed by atoms with Crippen molar-refractivity contribution in [1.29, 1.82) is 0 Å². The van der Waals surface area contributed by atoms with Crippen molar-refractivity contribution in [3.8, 4) is 0 Å². The Bertz CT molecular complexity index is 861. The summed E-state index contributed by atoms with van der Waals surface area (Å²) >= 11 is 0. The summed E-state index contributed by atoms with van der Waals surface area (Å²) in [4.78, 5) is 46.8. The molecule has 9 heteroatoms. The highest BCUT2D eigenvalue weighted by Gasteiger charge is 2.42. The van der Waals surface area contributed by atoms with Gasteiger partial charge in [-0.05, 0) is 45.2 Å². The van der Waals surface area contributed by atoms with Gasteiger partial charge >= 0.3 is 0 Å². The summed E-state index contributed by atoms with van der Waals surface area (Å²) < 4.78 is 5.42. The molecule has 9 nitrogen and oxygen atoms in total. The molecule has 3 fully saturated rings. The molecule has 4 rings (SSSR count). The van der Waals surface area contributed by atoms with E-state index in [0.29, 0.717) is 44.1 Å². The Balaban J connectivity index is 1.52. The van der Waals surface area contributed by atoms with Crippen molar-refractivity contribution in [1.82, 2.24) is 24.8 Å². The second-order valence-corrected chi connectivity index (χ2v) is 9.72. The molecular weight excluding hydrogens is 410 g/mol. The Morgan fingerprint density at radius 2 is 1.84 bits per heavy atom. The molecule has 0 radical (unpaired) electrons. The summed E-state index contributed by atoms with van der Waals surface area (Å²) in [6.45, 7) is 10.5. The van der Waals surface area contributed by atoms with Crippen molar-refractivity contribution in [3.63, 3.8) is 0 Å². The SMILES string of the molecule is Cc1onc(C(=O)N2CCCN3C(=O)CN(CC(C)C)C(=O)C3C2)c1CN1CCCCC1. The molecule has 4 heterocycles. The smallest absolute Gasteiger partial charge is 0.276 e. The number of aryl methyl sites for hydroxylation is 1. The Kier molecular flexibility index (Phi) is 6.83. The maximum Gasteiger partial charge on any atom is 0.276 e. The van der Waals surface area contributed by atoms with E-state index in [1.54, 1.807) is 14.7 Å². The van der Waals surface area contributed by atoms with Crippen LogP contribution in [0.15, 0.2) is 4.52 Å². The number of amides is 3. The Morgan fingerprint density at radius 3 is 2.56 bits per heavy atom. The standard InChI is InChI=1S/C23H35N5O4/c1-16(2)12-27-15-20(29)28-11-7-10-26(14-19(28)22(27)30)23(31)21-18(17(3)32-24-21)13-25-8-5-4-6-9-25/h16,19H,4-15H2,1-3H3. The van der Waals surface area contributed by atoms with Crippen LogP contribution in [-0.2, 0) is 16.1 Å². The van der Waals surface area contributed by atoms with Crippen molar-refractivity contribution in [2.24, 2.45) is 5.92 Å². The first kappa shape index (κ1) is 22.8. The quantitative estimate of drug-likeness (QED) is 0.683. The van der Waals surface area contributed by atoms with E-state index in [1.807, 2.05) is 20.8 Å². The third-order valence-corrected chi connectivity index (χ3v) is 6.73.